The monoisotopic (exact) mass is 325 g/mol. The van der Waals surface area contributed by atoms with Crippen molar-refractivity contribution < 1.29 is 0 Å². The van der Waals surface area contributed by atoms with Crippen molar-refractivity contribution in [3.05, 3.63) is 58.7 Å². The molecule has 2 N–H and O–H groups in total. The van der Waals surface area contributed by atoms with Gasteiger partial charge in [0.1, 0.15) is 4.87 Å². The molecule has 0 unspecified atom stereocenters. The van der Waals surface area contributed by atoms with Crippen molar-refractivity contribution >= 4 is 12.6 Å². The lowest BCUT2D eigenvalue weighted by atomic mass is 9.85. The molecule has 1 aliphatic carbocycles. The molecule has 0 bridgehead atoms. The van der Waals surface area contributed by atoms with E-state index in [9.17, 15) is 0 Å². The van der Waals surface area contributed by atoms with Crippen LogP contribution in [0, 0.1) is 0 Å². The van der Waals surface area contributed by atoms with E-state index in [-0.39, 0.29) is 10.8 Å². The average Bonchev–Trinajstić information content (AvgIpc) is 2.65. The Morgan fingerprint density at radius 2 is 1.09 bits per heavy atom. The number of hydrogen-bond acceptors (Lipinski definition) is 2. The number of benzene rings is 2. The number of thiol groups is 1. The largest absolute Gasteiger partial charge is 0.309 e. The fraction of sp³-hybridized carbons (Fsp3) is 0.429. The minimum Gasteiger partial charge on any atom is -0.309 e. The SMILES string of the molecule is CC(C)(C)c1ccc2c(c1)C(N)(S)c1cc(C(C)(C)C)ccc1-2. The Kier molecular flexibility index (Phi) is 3.52. The van der Waals surface area contributed by atoms with E-state index in [2.05, 4.69) is 77.9 Å². The smallest absolute Gasteiger partial charge is 0.112 e. The van der Waals surface area contributed by atoms with E-state index in [1.807, 2.05) is 0 Å². The van der Waals surface area contributed by atoms with Crippen molar-refractivity contribution in [2.45, 2.75) is 57.2 Å². The van der Waals surface area contributed by atoms with E-state index in [0.717, 1.165) is 11.1 Å². The molecule has 2 aromatic carbocycles. The quantitative estimate of drug-likeness (QED) is 0.495. The van der Waals surface area contributed by atoms with Crippen LogP contribution in [-0.4, -0.2) is 0 Å². The van der Waals surface area contributed by atoms with Crippen LogP contribution in [-0.2, 0) is 15.7 Å². The number of hydrogen-bond donors (Lipinski definition) is 2. The van der Waals surface area contributed by atoms with Crippen LogP contribution < -0.4 is 5.73 Å². The normalized spacial score (nSPS) is 16.2. The molecule has 0 aromatic heterocycles. The Labute approximate surface area is 145 Å². The van der Waals surface area contributed by atoms with Crippen LogP contribution in [0.3, 0.4) is 0 Å². The molecule has 1 aliphatic rings. The molecule has 2 heteroatoms. The first kappa shape index (κ1) is 16.6. The van der Waals surface area contributed by atoms with Crippen molar-refractivity contribution in [3.8, 4) is 11.1 Å². The predicted octanol–water partition coefficient (Wildman–Crippen LogP) is 5.35. The molecule has 0 amide bonds. The maximum absolute atomic E-state index is 6.69. The standard InChI is InChI=1S/C21H27NS/c1-19(2,3)13-7-9-15-16-10-8-14(20(4,5)6)12-18(16)21(22,23)17(15)11-13/h7-12,23H,22H2,1-6H3. The molecule has 0 atom stereocenters. The van der Waals surface area contributed by atoms with Gasteiger partial charge in [-0.05, 0) is 44.2 Å². The minimum absolute atomic E-state index is 0.101. The summed E-state index contributed by atoms with van der Waals surface area (Å²) in [4.78, 5) is -0.729. The van der Waals surface area contributed by atoms with E-state index in [0.29, 0.717) is 0 Å². The zero-order chi connectivity index (χ0) is 17.2. The second-order valence-electron chi connectivity index (χ2n) is 8.79. The molecule has 23 heavy (non-hydrogen) atoms. The van der Waals surface area contributed by atoms with Gasteiger partial charge in [-0.15, -0.1) is 12.6 Å². The summed E-state index contributed by atoms with van der Waals surface area (Å²) < 4.78 is 0. The van der Waals surface area contributed by atoms with Crippen LogP contribution >= 0.6 is 12.6 Å². The Bertz CT molecular complexity index is 708. The third-order valence-electron chi connectivity index (χ3n) is 4.88. The molecule has 3 rings (SSSR count). The number of rotatable bonds is 0. The lowest BCUT2D eigenvalue weighted by molar-refractivity contribution is 0.587. The van der Waals surface area contributed by atoms with Crippen molar-refractivity contribution in [3.63, 3.8) is 0 Å². The summed E-state index contributed by atoms with van der Waals surface area (Å²) in [7, 11) is 0. The fourth-order valence-corrected chi connectivity index (χ4v) is 3.64. The van der Waals surface area contributed by atoms with Gasteiger partial charge in [0.05, 0.1) is 0 Å². The second kappa shape index (κ2) is 4.87. The molecule has 0 saturated heterocycles. The molecule has 2 aromatic rings. The van der Waals surface area contributed by atoms with Crippen LogP contribution in [0.25, 0.3) is 11.1 Å². The highest BCUT2D eigenvalue weighted by Gasteiger charge is 2.38. The van der Waals surface area contributed by atoms with Crippen molar-refractivity contribution in [2.24, 2.45) is 5.73 Å². The molecule has 0 radical (unpaired) electrons. The molecule has 122 valence electrons. The van der Waals surface area contributed by atoms with Gasteiger partial charge in [-0.25, -0.2) is 0 Å². The van der Waals surface area contributed by atoms with Gasteiger partial charge >= 0.3 is 0 Å². The summed E-state index contributed by atoms with van der Waals surface area (Å²) in [6.45, 7) is 13.4. The van der Waals surface area contributed by atoms with Crippen molar-refractivity contribution in [2.75, 3.05) is 0 Å². The molecule has 0 spiro atoms. The summed E-state index contributed by atoms with van der Waals surface area (Å²) in [5.74, 6) is 0. The summed E-state index contributed by atoms with van der Waals surface area (Å²) in [5, 5.41) is 0. The van der Waals surface area contributed by atoms with Crippen molar-refractivity contribution in [1.29, 1.82) is 0 Å². The summed E-state index contributed by atoms with van der Waals surface area (Å²) >= 11 is 4.87. The first-order valence-electron chi connectivity index (χ1n) is 8.24. The van der Waals surface area contributed by atoms with E-state index >= 15 is 0 Å². The van der Waals surface area contributed by atoms with Gasteiger partial charge in [-0.1, -0.05) is 77.9 Å². The molecule has 0 aliphatic heterocycles. The lowest BCUT2D eigenvalue weighted by Gasteiger charge is -2.26. The Balaban J connectivity index is 2.22. The molecular formula is C21H27NS. The van der Waals surface area contributed by atoms with Crippen molar-refractivity contribution in [1.82, 2.24) is 0 Å². The summed E-state index contributed by atoms with van der Waals surface area (Å²) in [5.41, 5.74) is 14.2. The maximum atomic E-state index is 6.69. The average molecular weight is 326 g/mol. The number of fused-ring (bicyclic) bond motifs is 3. The molecule has 0 saturated carbocycles. The van der Waals surface area contributed by atoms with E-state index in [4.69, 9.17) is 18.4 Å². The van der Waals surface area contributed by atoms with Crippen LogP contribution in [0.4, 0.5) is 0 Å². The first-order valence-corrected chi connectivity index (χ1v) is 8.69. The van der Waals surface area contributed by atoms with Gasteiger partial charge in [-0.2, -0.15) is 0 Å². The third kappa shape index (κ3) is 2.62. The van der Waals surface area contributed by atoms with Crippen LogP contribution in [0.15, 0.2) is 36.4 Å². The van der Waals surface area contributed by atoms with Gasteiger partial charge in [-0.3, -0.25) is 0 Å². The molecular weight excluding hydrogens is 298 g/mol. The van der Waals surface area contributed by atoms with Gasteiger partial charge in [0.25, 0.3) is 0 Å². The zero-order valence-electron chi connectivity index (χ0n) is 15.0. The number of nitrogens with two attached hydrogens (primary N) is 1. The summed E-state index contributed by atoms with van der Waals surface area (Å²) in [6, 6.07) is 13.3. The maximum Gasteiger partial charge on any atom is 0.112 e. The summed E-state index contributed by atoms with van der Waals surface area (Å²) in [6.07, 6.45) is 0. The first-order chi connectivity index (χ1) is 10.4. The lowest BCUT2D eigenvalue weighted by Crippen LogP contribution is -2.30. The van der Waals surface area contributed by atoms with E-state index in [1.165, 1.54) is 22.3 Å². The van der Waals surface area contributed by atoms with E-state index < -0.39 is 4.87 Å². The highest BCUT2D eigenvalue weighted by molar-refractivity contribution is 7.81. The van der Waals surface area contributed by atoms with Crippen LogP contribution in [0.2, 0.25) is 0 Å². The fourth-order valence-electron chi connectivity index (χ4n) is 3.27. The second-order valence-corrected chi connectivity index (χ2v) is 9.49. The van der Waals surface area contributed by atoms with Crippen LogP contribution in [0.5, 0.6) is 0 Å². The minimum atomic E-state index is -0.729. The highest BCUT2D eigenvalue weighted by atomic mass is 32.1. The molecule has 1 nitrogen and oxygen atoms in total. The van der Waals surface area contributed by atoms with Gasteiger partial charge in [0, 0.05) is 0 Å². The zero-order valence-corrected chi connectivity index (χ0v) is 15.9. The highest BCUT2D eigenvalue weighted by Crippen LogP contribution is 2.50. The van der Waals surface area contributed by atoms with Gasteiger partial charge in [0.2, 0.25) is 0 Å². The van der Waals surface area contributed by atoms with Crippen LogP contribution in [0.1, 0.15) is 63.8 Å². The van der Waals surface area contributed by atoms with Gasteiger partial charge < -0.3 is 5.73 Å². The molecule has 0 heterocycles. The Morgan fingerprint density at radius 1 is 0.739 bits per heavy atom. The third-order valence-corrected chi connectivity index (χ3v) is 5.36. The Morgan fingerprint density at radius 3 is 1.39 bits per heavy atom. The predicted molar refractivity (Wildman–Crippen MR) is 103 cm³/mol. The molecule has 0 fully saturated rings. The van der Waals surface area contributed by atoms with Gasteiger partial charge in [0.15, 0.2) is 0 Å². The van der Waals surface area contributed by atoms with E-state index in [1.54, 1.807) is 0 Å². The Hall–Kier alpha value is -1.25. The topological polar surface area (TPSA) is 26.0 Å².